The van der Waals surface area contributed by atoms with Crippen molar-refractivity contribution in [2.24, 2.45) is 5.41 Å². The van der Waals surface area contributed by atoms with Crippen LogP contribution in [0.4, 0.5) is 4.79 Å². The Morgan fingerprint density at radius 1 is 1.06 bits per heavy atom. The number of benzene rings is 1. The van der Waals surface area contributed by atoms with Crippen molar-refractivity contribution in [1.29, 1.82) is 0 Å². The van der Waals surface area contributed by atoms with Crippen LogP contribution in [0.2, 0.25) is 0 Å². The number of aromatic nitrogens is 3. The van der Waals surface area contributed by atoms with Gasteiger partial charge in [0.2, 0.25) is 0 Å². The van der Waals surface area contributed by atoms with E-state index in [4.69, 9.17) is 0 Å². The van der Waals surface area contributed by atoms with E-state index in [1.54, 1.807) is 12.4 Å². The number of pyridine rings is 1. The third kappa shape index (κ3) is 4.71. The molecule has 2 fully saturated rings. The summed E-state index contributed by atoms with van der Waals surface area (Å²) in [5.41, 5.74) is 0.747. The number of amides is 2. The van der Waals surface area contributed by atoms with Gasteiger partial charge in [-0.05, 0) is 37.0 Å². The Kier molecular flexibility index (Phi) is 6.38. The first-order chi connectivity index (χ1) is 17.0. The van der Waals surface area contributed by atoms with Crippen LogP contribution >= 0.6 is 0 Å². The van der Waals surface area contributed by atoms with Crippen LogP contribution in [0.5, 0.6) is 0 Å². The van der Waals surface area contributed by atoms with Crippen molar-refractivity contribution in [2.45, 2.75) is 50.8 Å². The van der Waals surface area contributed by atoms with Crippen molar-refractivity contribution in [3.63, 3.8) is 0 Å². The van der Waals surface area contributed by atoms with Gasteiger partial charge in [0.05, 0.1) is 24.2 Å². The summed E-state index contributed by atoms with van der Waals surface area (Å²) in [6.45, 7) is 1.57. The second-order valence-corrected chi connectivity index (χ2v) is 9.81. The molecule has 5 rings (SSSR count). The number of urea groups is 1. The lowest BCUT2D eigenvalue weighted by molar-refractivity contribution is -0.135. The highest BCUT2D eigenvalue weighted by atomic mass is 16.3. The second kappa shape index (κ2) is 9.62. The predicted octanol–water partition coefficient (Wildman–Crippen LogP) is 3.21. The van der Waals surface area contributed by atoms with Gasteiger partial charge in [-0.2, -0.15) is 0 Å². The van der Waals surface area contributed by atoms with Crippen molar-refractivity contribution in [3.05, 3.63) is 83.2 Å². The number of nitrogens with one attached hydrogen (secondary N) is 1. The van der Waals surface area contributed by atoms with E-state index in [0.717, 1.165) is 36.8 Å². The van der Waals surface area contributed by atoms with Crippen molar-refractivity contribution in [3.8, 4) is 11.3 Å². The Morgan fingerprint density at radius 3 is 2.51 bits per heavy atom. The molecule has 2 amide bonds. The molecule has 1 aliphatic heterocycles. The zero-order chi connectivity index (χ0) is 24.3. The largest absolute Gasteiger partial charge is 0.387 e. The molecule has 1 spiro atoms. The van der Waals surface area contributed by atoms with E-state index in [9.17, 15) is 14.7 Å². The van der Waals surface area contributed by atoms with Gasteiger partial charge in [-0.25, -0.2) is 9.78 Å². The molecular formula is C27H31N5O3. The minimum atomic E-state index is -1.08. The molecule has 3 aromatic rings. The second-order valence-electron chi connectivity index (χ2n) is 9.81. The van der Waals surface area contributed by atoms with Gasteiger partial charge in [-0.15, -0.1) is 0 Å². The minimum Gasteiger partial charge on any atom is -0.387 e. The molecule has 182 valence electrons. The number of aliphatic hydroxyl groups is 1. The third-order valence-corrected chi connectivity index (χ3v) is 7.70. The number of likely N-dealkylation sites (tertiary alicyclic amines) is 1. The van der Waals surface area contributed by atoms with E-state index >= 15 is 0 Å². The topological polar surface area (TPSA) is 100 Å². The van der Waals surface area contributed by atoms with Gasteiger partial charge < -0.3 is 15.3 Å². The monoisotopic (exact) mass is 473 g/mol. The molecule has 0 bridgehead atoms. The Balaban J connectivity index is 1.31. The fourth-order valence-electron chi connectivity index (χ4n) is 5.66. The van der Waals surface area contributed by atoms with Crippen LogP contribution < -0.4 is 10.9 Å². The molecule has 2 aromatic heterocycles. The van der Waals surface area contributed by atoms with E-state index in [2.05, 4.69) is 15.3 Å². The van der Waals surface area contributed by atoms with E-state index in [0.29, 0.717) is 31.7 Å². The lowest BCUT2D eigenvalue weighted by Crippen LogP contribution is -2.63. The molecule has 1 aliphatic carbocycles. The summed E-state index contributed by atoms with van der Waals surface area (Å²) in [7, 11) is 0. The average Bonchev–Trinajstić information content (AvgIpc) is 3.37. The number of piperidine rings is 1. The fourth-order valence-corrected chi connectivity index (χ4v) is 5.66. The molecule has 0 radical (unpaired) electrons. The van der Waals surface area contributed by atoms with Crippen LogP contribution in [0.15, 0.2) is 72.0 Å². The molecule has 1 aromatic carbocycles. The maximum absolute atomic E-state index is 13.0. The third-order valence-electron chi connectivity index (χ3n) is 7.70. The van der Waals surface area contributed by atoms with Crippen LogP contribution in [0.3, 0.4) is 0 Å². The number of nitrogens with zero attached hydrogens (tertiary/aromatic N) is 4. The summed E-state index contributed by atoms with van der Waals surface area (Å²) in [4.78, 5) is 36.2. The van der Waals surface area contributed by atoms with Gasteiger partial charge in [-0.1, -0.05) is 43.2 Å². The lowest BCUT2D eigenvalue weighted by Gasteiger charge is -2.52. The highest BCUT2D eigenvalue weighted by Gasteiger charge is 2.55. The Bertz CT molecular complexity index is 1220. The number of rotatable bonds is 5. The summed E-state index contributed by atoms with van der Waals surface area (Å²) in [6, 6.07) is 14.9. The highest BCUT2D eigenvalue weighted by molar-refractivity contribution is 5.74. The van der Waals surface area contributed by atoms with E-state index in [-0.39, 0.29) is 18.1 Å². The maximum Gasteiger partial charge on any atom is 0.317 e. The number of hydrogen-bond donors (Lipinski definition) is 2. The van der Waals surface area contributed by atoms with Crippen LogP contribution in [0.1, 0.15) is 37.7 Å². The van der Waals surface area contributed by atoms with Crippen LogP contribution in [-0.2, 0) is 13.1 Å². The van der Waals surface area contributed by atoms with E-state index in [1.165, 1.54) is 17.0 Å². The maximum atomic E-state index is 13.0. The van der Waals surface area contributed by atoms with Crippen molar-refractivity contribution in [1.82, 2.24) is 24.8 Å². The smallest absolute Gasteiger partial charge is 0.317 e. The van der Waals surface area contributed by atoms with Crippen molar-refractivity contribution >= 4 is 6.03 Å². The first kappa shape index (κ1) is 23.2. The summed E-state index contributed by atoms with van der Waals surface area (Å²) in [5, 5.41) is 15.0. The summed E-state index contributed by atoms with van der Waals surface area (Å²) in [6.07, 6.45) is 8.97. The highest BCUT2D eigenvalue weighted by Crippen LogP contribution is 2.51. The molecule has 1 saturated heterocycles. The molecular weight excluding hydrogens is 442 g/mol. The molecule has 35 heavy (non-hydrogen) atoms. The van der Waals surface area contributed by atoms with E-state index in [1.807, 2.05) is 47.4 Å². The zero-order valence-corrected chi connectivity index (χ0v) is 19.8. The minimum absolute atomic E-state index is 0.109. The van der Waals surface area contributed by atoms with Gasteiger partial charge in [0.1, 0.15) is 0 Å². The lowest BCUT2D eigenvalue weighted by atomic mass is 9.66. The zero-order valence-electron chi connectivity index (χ0n) is 19.8. The summed E-state index contributed by atoms with van der Waals surface area (Å²) in [5.74, 6) is 0. The molecule has 1 saturated carbocycles. The average molecular weight is 474 g/mol. The predicted molar refractivity (Wildman–Crippen MR) is 132 cm³/mol. The van der Waals surface area contributed by atoms with Crippen LogP contribution in [0, 0.1) is 5.41 Å². The Labute approximate surface area is 204 Å². The van der Waals surface area contributed by atoms with Crippen molar-refractivity contribution < 1.29 is 9.90 Å². The molecule has 8 heteroatoms. The van der Waals surface area contributed by atoms with Gasteiger partial charge in [0, 0.05) is 49.1 Å². The van der Waals surface area contributed by atoms with Crippen molar-refractivity contribution in [2.75, 3.05) is 13.1 Å². The Hall–Kier alpha value is -3.52. The quantitative estimate of drug-likeness (QED) is 0.593. The molecule has 2 aliphatic rings. The van der Waals surface area contributed by atoms with Gasteiger partial charge in [0.25, 0.3) is 5.56 Å². The first-order valence-electron chi connectivity index (χ1n) is 12.2. The Morgan fingerprint density at radius 2 is 1.80 bits per heavy atom. The van der Waals surface area contributed by atoms with Gasteiger partial charge in [0.15, 0.2) is 0 Å². The van der Waals surface area contributed by atoms with Crippen LogP contribution in [0.25, 0.3) is 11.3 Å². The molecule has 2 N–H and O–H groups in total. The molecule has 3 heterocycles. The van der Waals surface area contributed by atoms with Crippen LogP contribution in [-0.4, -0.2) is 49.3 Å². The summed E-state index contributed by atoms with van der Waals surface area (Å²) >= 11 is 0. The summed E-state index contributed by atoms with van der Waals surface area (Å²) < 4.78 is 1.51. The van der Waals surface area contributed by atoms with E-state index < -0.39 is 11.0 Å². The standard InChI is InChI=1S/C27H31N5O3/c33-24-16-23(22-8-13-28-14-9-22)30-20-32(24)19-27(35)12-15-31(18-26(27)10-4-5-11-26)25(34)29-17-21-6-2-1-3-7-21/h1-3,6-9,13-14,16,20,35H,4-5,10-12,15,17-19H2,(H,29,34). The molecule has 1 unspecified atom stereocenters. The fraction of sp³-hybridized carbons (Fsp3) is 0.407. The normalized spacial score (nSPS) is 21.2. The number of carbonyl (C=O) groups excluding carboxylic acids is 1. The first-order valence-corrected chi connectivity index (χ1v) is 12.2. The molecule has 8 nitrogen and oxygen atoms in total. The van der Waals surface area contributed by atoms with Gasteiger partial charge in [-0.3, -0.25) is 14.3 Å². The SMILES string of the molecule is O=C(NCc1ccccc1)N1CCC(O)(Cn2cnc(-c3ccncc3)cc2=O)C2(CCCC2)C1. The number of hydrogen-bond acceptors (Lipinski definition) is 5. The number of carbonyl (C=O) groups is 1. The van der Waals surface area contributed by atoms with Gasteiger partial charge >= 0.3 is 6.03 Å². The molecule has 1 atom stereocenters.